The van der Waals surface area contributed by atoms with Crippen molar-refractivity contribution in [2.24, 2.45) is 0 Å². The molecule has 0 fully saturated rings. The second-order valence-corrected chi connectivity index (χ2v) is 4.86. The molecule has 98 valence electrons. The van der Waals surface area contributed by atoms with Gasteiger partial charge in [-0.3, -0.25) is 0 Å². The van der Waals surface area contributed by atoms with Gasteiger partial charge in [0.15, 0.2) is 0 Å². The minimum absolute atomic E-state index is 0.0491. The number of rotatable bonds is 6. The molecule has 0 bridgehead atoms. The molecule has 18 heavy (non-hydrogen) atoms. The first kappa shape index (κ1) is 13.0. The molecule has 2 rings (SSSR count). The molecular formula is C11H17N5OS. The Morgan fingerprint density at radius 3 is 2.89 bits per heavy atom. The molecule has 0 aliphatic carbocycles. The van der Waals surface area contributed by atoms with Gasteiger partial charge in [0.05, 0.1) is 12.1 Å². The number of nitrogens with zero attached hydrogens (tertiary/aromatic N) is 3. The third-order valence-electron chi connectivity index (χ3n) is 2.70. The van der Waals surface area contributed by atoms with E-state index in [4.69, 9.17) is 4.42 Å². The summed E-state index contributed by atoms with van der Waals surface area (Å²) < 4.78 is 5.55. The molecule has 2 heterocycles. The van der Waals surface area contributed by atoms with E-state index < -0.39 is 0 Å². The number of aromatic nitrogens is 3. The van der Waals surface area contributed by atoms with Crippen molar-refractivity contribution < 1.29 is 4.42 Å². The Morgan fingerprint density at radius 1 is 1.44 bits per heavy atom. The van der Waals surface area contributed by atoms with Gasteiger partial charge >= 0.3 is 6.01 Å². The van der Waals surface area contributed by atoms with Gasteiger partial charge in [0, 0.05) is 11.6 Å². The first-order chi connectivity index (χ1) is 8.74. The molecular weight excluding hydrogens is 250 g/mol. The summed E-state index contributed by atoms with van der Waals surface area (Å²) in [4.78, 5) is 4.30. The van der Waals surface area contributed by atoms with E-state index in [-0.39, 0.29) is 12.1 Å². The van der Waals surface area contributed by atoms with E-state index in [0.29, 0.717) is 11.9 Å². The Morgan fingerprint density at radius 2 is 2.28 bits per heavy atom. The zero-order valence-electron chi connectivity index (χ0n) is 10.7. The van der Waals surface area contributed by atoms with Crippen LogP contribution in [-0.4, -0.2) is 22.2 Å². The maximum atomic E-state index is 5.55. The predicted molar refractivity (Wildman–Crippen MR) is 70.5 cm³/mol. The van der Waals surface area contributed by atoms with Crippen LogP contribution in [0.15, 0.2) is 16.0 Å². The second-order valence-electron chi connectivity index (χ2n) is 3.93. The van der Waals surface area contributed by atoms with E-state index in [1.165, 1.54) is 0 Å². The van der Waals surface area contributed by atoms with Crippen molar-refractivity contribution in [3.8, 4) is 0 Å². The van der Waals surface area contributed by atoms with Gasteiger partial charge in [0.2, 0.25) is 5.89 Å². The molecule has 0 saturated carbocycles. The maximum absolute atomic E-state index is 5.55. The number of hydrogen-bond acceptors (Lipinski definition) is 7. The quantitative estimate of drug-likeness (QED) is 0.837. The monoisotopic (exact) mass is 267 g/mol. The van der Waals surface area contributed by atoms with Gasteiger partial charge < -0.3 is 15.1 Å². The molecule has 2 aromatic heterocycles. The van der Waals surface area contributed by atoms with Crippen molar-refractivity contribution in [1.82, 2.24) is 20.5 Å². The van der Waals surface area contributed by atoms with Crippen molar-refractivity contribution in [3.05, 3.63) is 22.5 Å². The molecule has 2 N–H and O–H groups in total. The highest BCUT2D eigenvalue weighted by Gasteiger charge is 2.17. The van der Waals surface area contributed by atoms with Crippen LogP contribution < -0.4 is 10.6 Å². The lowest BCUT2D eigenvalue weighted by Gasteiger charge is -2.11. The third-order valence-corrected chi connectivity index (χ3v) is 3.59. The molecule has 7 heteroatoms. The number of nitrogens with one attached hydrogen (secondary N) is 2. The molecule has 0 saturated heterocycles. The smallest absolute Gasteiger partial charge is 0.316 e. The Kier molecular flexibility index (Phi) is 4.27. The van der Waals surface area contributed by atoms with Crippen molar-refractivity contribution in [1.29, 1.82) is 0 Å². The average molecular weight is 267 g/mol. The molecule has 0 aromatic carbocycles. The first-order valence-corrected chi connectivity index (χ1v) is 6.79. The summed E-state index contributed by atoms with van der Waals surface area (Å²) in [6.07, 6.45) is 2.71. The van der Waals surface area contributed by atoms with E-state index in [0.717, 1.165) is 11.4 Å². The average Bonchev–Trinajstić information content (AvgIpc) is 3.05. The van der Waals surface area contributed by atoms with Crippen LogP contribution in [0.25, 0.3) is 0 Å². The lowest BCUT2D eigenvalue weighted by Crippen LogP contribution is -2.12. The Bertz CT molecular complexity index is 469. The van der Waals surface area contributed by atoms with Crippen LogP contribution in [0.4, 0.5) is 6.01 Å². The number of thiazole rings is 1. The largest absolute Gasteiger partial charge is 0.406 e. The standard InChI is InChI=1S/C11H17N5OS/c1-4-8(10-13-5-6-18-10)14-11-16-15-9(17-11)7(2)12-3/h5-8,12H,4H2,1-3H3,(H,14,16). The van der Waals surface area contributed by atoms with E-state index in [9.17, 15) is 0 Å². The van der Waals surface area contributed by atoms with Crippen LogP contribution in [-0.2, 0) is 0 Å². The Hall–Kier alpha value is -1.47. The molecule has 0 spiro atoms. The van der Waals surface area contributed by atoms with Crippen molar-refractivity contribution in [2.45, 2.75) is 32.4 Å². The molecule has 0 radical (unpaired) electrons. The van der Waals surface area contributed by atoms with Gasteiger partial charge in [0.1, 0.15) is 5.01 Å². The van der Waals surface area contributed by atoms with Crippen LogP contribution in [0, 0.1) is 0 Å². The predicted octanol–water partition coefficient (Wildman–Crippen LogP) is 2.37. The van der Waals surface area contributed by atoms with Crippen LogP contribution >= 0.6 is 11.3 Å². The van der Waals surface area contributed by atoms with Gasteiger partial charge in [0.25, 0.3) is 0 Å². The van der Waals surface area contributed by atoms with Crippen LogP contribution in [0.5, 0.6) is 0 Å². The van der Waals surface area contributed by atoms with Gasteiger partial charge in [-0.2, -0.15) is 0 Å². The SMILES string of the molecule is CCC(Nc1nnc(C(C)NC)o1)c1nccs1. The van der Waals surface area contributed by atoms with Crippen LogP contribution in [0.1, 0.15) is 43.3 Å². The van der Waals surface area contributed by atoms with Gasteiger partial charge in [-0.05, 0) is 20.4 Å². The summed E-state index contributed by atoms with van der Waals surface area (Å²) >= 11 is 1.62. The normalized spacial score (nSPS) is 14.4. The van der Waals surface area contributed by atoms with E-state index in [1.807, 2.05) is 19.4 Å². The molecule has 2 unspecified atom stereocenters. The van der Waals surface area contributed by atoms with Crippen LogP contribution in [0.3, 0.4) is 0 Å². The van der Waals surface area contributed by atoms with Gasteiger partial charge in [-0.1, -0.05) is 12.0 Å². The molecule has 2 atom stereocenters. The second kappa shape index (κ2) is 5.92. The molecule has 0 amide bonds. The van der Waals surface area contributed by atoms with E-state index >= 15 is 0 Å². The summed E-state index contributed by atoms with van der Waals surface area (Å²) in [5.41, 5.74) is 0. The zero-order chi connectivity index (χ0) is 13.0. The highest BCUT2D eigenvalue weighted by molar-refractivity contribution is 7.09. The summed E-state index contributed by atoms with van der Waals surface area (Å²) in [5, 5.41) is 17.2. The number of anilines is 1. The summed E-state index contributed by atoms with van der Waals surface area (Å²) in [6, 6.07) is 0.602. The lowest BCUT2D eigenvalue weighted by molar-refractivity contribution is 0.438. The van der Waals surface area contributed by atoms with Gasteiger partial charge in [-0.25, -0.2) is 4.98 Å². The molecule has 0 aliphatic rings. The van der Waals surface area contributed by atoms with Crippen molar-refractivity contribution >= 4 is 17.4 Å². The van der Waals surface area contributed by atoms with Crippen molar-refractivity contribution in [2.75, 3.05) is 12.4 Å². The molecule has 2 aromatic rings. The minimum Gasteiger partial charge on any atom is -0.406 e. The third kappa shape index (κ3) is 2.85. The van der Waals surface area contributed by atoms with E-state index in [2.05, 4.69) is 32.7 Å². The fraction of sp³-hybridized carbons (Fsp3) is 0.545. The summed E-state index contributed by atoms with van der Waals surface area (Å²) in [6.45, 7) is 4.06. The fourth-order valence-electron chi connectivity index (χ4n) is 1.49. The van der Waals surface area contributed by atoms with Gasteiger partial charge in [-0.15, -0.1) is 16.4 Å². The topological polar surface area (TPSA) is 75.9 Å². The highest BCUT2D eigenvalue weighted by atomic mass is 32.1. The Balaban J connectivity index is 2.06. The Labute approximate surface area is 110 Å². The molecule has 0 aliphatic heterocycles. The van der Waals surface area contributed by atoms with Crippen molar-refractivity contribution in [3.63, 3.8) is 0 Å². The fourth-order valence-corrected chi connectivity index (χ4v) is 2.26. The minimum atomic E-state index is 0.0491. The molecule has 6 nitrogen and oxygen atoms in total. The maximum Gasteiger partial charge on any atom is 0.316 e. The highest BCUT2D eigenvalue weighted by Crippen LogP contribution is 2.24. The summed E-state index contributed by atoms with van der Waals surface area (Å²) in [7, 11) is 1.85. The van der Waals surface area contributed by atoms with Crippen LogP contribution in [0.2, 0.25) is 0 Å². The lowest BCUT2D eigenvalue weighted by atomic mass is 10.2. The zero-order valence-corrected chi connectivity index (χ0v) is 11.5. The van der Waals surface area contributed by atoms with E-state index in [1.54, 1.807) is 17.5 Å². The number of hydrogen-bond donors (Lipinski definition) is 2. The summed E-state index contributed by atoms with van der Waals surface area (Å²) in [5.74, 6) is 0.578. The first-order valence-electron chi connectivity index (χ1n) is 5.91.